The summed E-state index contributed by atoms with van der Waals surface area (Å²) in [5, 5.41) is -0.304. The molecular formula is C12H9F4NO2. The van der Waals surface area contributed by atoms with E-state index >= 15 is 0 Å². The smallest absolute Gasteiger partial charge is 0.431 e. The minimum atomic E-state index is -4.75. The highest BCUT2D eigenvalue weighted by Crippen LogP contribution is 2.36. The molecule has 0 saturated heterocycles. The average Bonchev–Trinajstić information content (AvgIpc) is 2.69. The molecule has 7 heteroatoms. The molecule has 1 aromatic carbocycles. The van der Waals surface area contributed by atoms with Crippen LogP contribution in [0.3, 0.4) is 0 Å². The second-order valence-electron chi connectivity index (χ2n) is 3.90. The maximum Gasteiger partial charge on any atom is 0.431 e. The fourth-order valence-electron chi connectivity index (χ4n) is 1.93. The molecule has 0 aliphatic heterocycles. The van der Waals surface area contributed by atoms with Crippen LogP contribution in [0.5, 0.6) is 5.75 Å². The van der Waals surface area contributed by atoms with Crippen LogP contribution in [0.1, 0.15) is 17.4 Å². The lowest BCUT2D eigenvalue weighted by Gasteiger charge is -2.09. The molecule has 102 valence electrons. The van der Waals surface area contributed by atoms with Crippen molar-refractivity contribution in [1.29, 1.82) is 0 Å². The van der Waals surface area contributed by atoms with Crippen LogP contribution in [0.15, 0.2) is 18.2 Å². The van der Waals surface area contributed by atoms with Crippen molar-refractivity contribution in [3.05, 3.63) is 29.7 Å². The van der Waals surface area contributed by atoms with Crippen molar-refractivity contribution in [3.8, 4) is 5.75 Å². The number of benzene rings is 1. The number of ether oxygens (including phenoxy) is 1. The predicted molar refractivity (Wildman–Crippen MR) is 59.8 cm³/mol. The fraction of sp³-hybridized carbons (Fsp3) is 0.250. The van der Waals surface area contributed by atoms with Crippen molar-refractivity contribution < 1.29 is 27.1 Å². The van der Waals surface area contributed by atoms with Crippen LogP contribution < -0.4 is 4.74 Å². The van der Waals surface area contributed by atoms with Gasteiger partial charge in [0.2, 0.25) is 5.91 Å². The maximum atomic E-state index is 13.9. The molecule has 1 aromatic heterocycles. The first-order chi connectivity index (χ1) is 8.77. The predicted octanol–water partition coefficient (Wildman–Crippen LogP) is 3.47. The summed E-state index contributed by atoms with van der Waals surface area (Å²) in [6, 6.07) is 3.00. The zero-order valence-electron chi connectivity index (χ0n) is 10.0. The molecule has 0 unspecified atom stereocenters. The minimum Gasteiger partial charge on any atom is -0.494 e. The Morgan fingerprint density at radius 2 is 1.95 bits per heavy atom. The third-order valence-electron chi connectivity index (χ3n) is 2.71. The Kier molecular flexibility index (Phi) is 3.00. The Balaban J connectivity index is 2.88. The standard InChI is InChI=1S/C12H9F4NO2/c1-6(18)17-8-3-4-9(19-2)11(13)7(8)5-10(17)12(14,15)16/h3-5H,1-2H3. The van der Waals surface area contributed by atoms with E-state index in [0.29, 0.717) is 10.6 Å². The van der Waals surface area contributed by atoms with E-state index in [1.807, 2.05) is 0 Å². The minimum absolute atomic E-state index is 0.141. The molecule has 0 amide bonds. The van der Waals surface area contributed by atoms with Gasteiger partial charge in [0.25, 0.3) is 0 Å². The zero-order valence-corrected chi connectivity index (χ0v) is 10.0. The van der Waals surface area contributed by atoms with Gasteiger partial charge in [0.15, 0.2) is 11.6 Å². The third kappa shape index (κ3) is 2.05. The van der Waals surface area contributed by atoms with Gasteiger partial charge in [-0.15, -0.1) is 0 Å². The highest BCUT2D eigenvalue weighted by Gasteiger charge is 2.37. The lowest BCUT2D eigenvalue weighted by Crippen LogP contribution is -2.17. The maximum absolute atomic E-state index is 13.9. The Bertz CT molecular complexity index is 658. The van der Waals surface area contributed by atoms with Crippen LogP contribution in [0, 0.1) is 5.82 Å². The van der Waals surface area contributed by atoms with Crippen LogP contribution >= 0.6 is 0 Å². The molecule has 3 nitrogen and oxygen atoms in total. The molecule has 0 bridgehead atoms. The van der Waals surface area contributed by atoms with E-state index < -0.39 is 23.6 Å². The number of methoxy groups -OCH3 is 1. The normalized spacial score (nSPS) is 11.9. The Hall–Kier alpha value is -2.05. The fourth-order valence-corrected chi connectivity index (χ4v) is 1.93. The molecule has 0 spiro atoms. The SMILES string of the molecule is COc1ccc2c(cc(C(F)(F)F)n2C(C)=O)c1F. The number of hydrogen-bond acceptors (Lipinski definition) is 2. The number of hydrogen-bond donors (Lipinski definition) is 0. The van der Waals surface area contributed by atoms with Gasteiger partial charge in [0, 0.05) is 12.3 Å². The monoisotopic (exact) mass is 275 g/mol. The number of fused-ring (bicyclic) bond motifs is 1. The highest BCUT2D eigenvalue weighted by atomic mass is 19.4. The number of aromatic nitrogens is 1. The largest absolute Gasteiger partial charge is 0.494 e. The first kappa shape index (κ1) is 13.4. The molecule has 2 aromatic rings. The second kappa shape index (κ2) is 4.25. The van der Waals surface area contributed by atoms with Crippen molar-refractivity contribution >= 4 is 16.8 Å². The topological polar surface area (TPSA) is 31.2 Å². The Morgan fingerprint density at radius 1 is 1.32 bits per heavy atom. The molecule has 0 aliphatic rings. The van der Waals surface area contributed by atoms with E-state index in [0.717, 1.165) is 6.92 Å². The molecule has 0 atom stereocenters. The quantitative estimate of drug-likeness (QED) is 0.746. The van der Waals surface area contributed by atoms with E-state index in [1.54, 1.807) is 0 Å². The van der Waals surface area contributed by atoms with E-state index in [-0.39, 0.29) is 16.7 Å². The molecule has 0 fully saturated rings. The number of halogens is 4. The molecular weight excluding hydrogens is 266 g/mol. The summed E-state index contributed by atoms with van der Waals surface area (Å²) in [6.07, 6.45) is -4.75. The average molecular weight is 275 g/mol. The zero-order chi connectivity index (χ0) is 14.4. The second-order valence-corrected chi connectivity index (χ2v) is 3.90. The molecule has 1 heterocycles. The van der Waals surface area contributed by atoms with Gasteiger partial charge in [0.05, 0.1) is 12.6 Å². The van der Waals surface area contributed by atoms with Gasteiger partial charge in [0.1, 0.15) is 5.69 Å². The molecule has 19 heavy (non-hydrogen) atoms. The van der Waals surface area contributed by atoms with E-state index in [9.17, 15) is 22.4 Å². The first-order valence-corrected chi connectivity index (χ1v) is 5.23. The molecule has 0 aliphatic carbocycles. The number of nitrogens with zero attached hydrogens (tertiary/aromatic N) is 1. The summed E-state index contributed by atoms with van der Waals surface area (Å²) in [6.45, 7) is 0.983. The lowest BCUT2D eigenvalue weighted by molar-refractivity contribution is -0.142. The van der Waals surface area contributed by atoms with Gasteiger partial charge < -0.3 is 4.74 Å². The summed E-state index contributed by atoms with van der Waals surface area (Å²) in [7, 11) is 1.21. The van der Waals surface area contributed by atoms with Crippen LogP contribution in [-0.4, -0.2) is 17.6 Å². The van der Waals surface area contributed by atoms with Gasteiger partial charge in [-0.2, -0.15) is 13.2 Å². The first-order valence-electron chi connectivity index (χ1n) is 5.23. The van der Waals surface area contributed by atoms with Crippen LogP contribution in [0.2, 0.25) is 0 Å². The van der Waals surface area contributed by atoms with Crippen LogP contribution in [0.25, 0.3) is 10.9 Å². The van der Waals surface area contributed by atoms with Crippen LogP contribution in [0.4, 0.5) is 17.6 Å². The van der Waals surface area contributed by atoms with Gasteiger partial charge in [-0.3, -0.25) is 9.36 Å². The third-order valence-corrected chi connectivity index (χ3v) is 2.71. The van der Waals surface area contributed by atoms with E-state index in [1.165, 1.54) is 19.2 Å². The van der Waals surface area contributed by atoms with Crippen molar-refractivity contribution in [3.63, 3.8) is 0 Å². The van der Waals surface area contributed by atoms with Gasteiger partial charge >= 0.3 is 6.18 Å². The van der Waals surface area contributed by atoms with Gasteiger partial charge in [-0.1, -0.05) is 0 Å². The van der Waals surface area contributed by atoms with E-state index in [2.05, 4.69) is 0 Å². The van der Waals surface area contributed by atoms with Gasteiger partial charge in [-0.25, -0.2) is 4.39 Å². The summed E-state index contributed by atoms with van der Waals surface area (Å²) < 4.78 is 57.5. The number of alkyl halides is 3. The van der Waals surface area contributed by atoms with E-state index in [4.69, 9.17) is 4.74 Å². The van der Waals surface area contributed by atoms with Crippen molar-refractivity contribution in [2.75, 3.05) is 7.11 Å². The van der Waals surface area contributed by atoms with Crippen molar-refractivity contribution in [1.82, 2.24) is 4.57 Å². The Morgan fingerprint density at radius 3 is 2.42 bits per heavy atom. The number of carbonyl (C=O) groups is 1. The molecule has 0 radical (unpaired) electrons. The molecule has 2 rings (SSSR count). The van der Waals surface area contributed by atoms with Crippen LogP contribution in [-0.2, 0) is 6.18 Å². The summed E-state index contributed by atoms with van der Waals surface area (Å²) in [5.41, 5.74) is -1.35. The highest BCUT2D eigenvalue weighted by molar-refractivity contribution is 5.94. The Labute approximate surface area is 105 Å². The lowest BCUT2D eigenvalue weighted by atomic mass is 10.2. The summed E-state index contributed by atoms with van der Waals surface area (Å²) in [4.78, 5) is 11.4. The summed E-state index contributed by atoms with van der Waals surface area (Å²) >= 11 is 0. The number of carbonyl (C=O) groups excluding carboxylic acids is 1. The number of rotatable bonds is 1. The summed E-state index contributed by atoms with van der Waals surface area (Å²) in [5.74, 6) is -1.95. The van der Waals surface area contributed by atoms with Crippen molar-refractivity contribution in [2.24, 2.45) is 0 Å². The molecule has 0 N–H and O–H groups in total. The molecule has 0 saturated carbocycles. The van der Waals surface area contributed by atoms with Crippen molar-refractivity contribution in [2.45, 2.75) is 13.1 Å². The van der Waals surface area contributed by atoms with Gasteiger partial charge in [-0.05, 0) is 18.2 Å².